The molecular formula is C15H25NO5. The van der Waals surface area contributed by atoms with Crippen molar-refractivity contribution in [3.63, 3.8) is 0 Å². The summed E-state index contributed by atoms with van der Waals surface area (Å²) in [4.78, 5) is 0. The van der Waals surface area contributed by atoms with Crippen LogP contribution >= 0.6 is 0 Å². The molecule has 1 aromatic rings. The van der Waals surface area contributed by atoms with Gasteiger partial charge in [-0.15, -0.1) is 0 Å². The third-order valence-corrected chi connectivity index (χ3v) is 2.86. The molecule has 0 aliphatic carbocycles. The minimum atomic E-state index is -0.657. The maximum atomic E-state index is 9.66. The lowest BCUT2D eigenvalue weighted by Gasteiger charge is -2.16. The highest BCUT2D eigenvalue weighted by atomic mass is 16.5. The fourth-order valence-corrected chi connectivity index (χ4v) is 1.77. The standard InChI is InChI=1S/C15H25NO5/c1-18-7-6-16-9-12-4-5-14(20-3)8-15(12)21-11-13(17)10-19-2/h4-5,8,13,16-17H,6-7,9-11H2,1-3H3. The molecule has 6 heteroatoms. The summed E-state index contributed by atoms with van der Waals surface area (Å²) in [6.45, 7) is 2.48. The quantitative estimate of drug-likeness (QED) is 0.590. The first-order valence-electron chi connectivity index (χ1n) is 6.87. The Labute approximate surface area is 126 Å². The van der Waals surface area contributed by atoms with Crippen LogP contribution in [0.1, 0.15) is 5.56 Å². The van der Waals surface area contributed by atoms with Crippen LogP contribution < -0.4 is 14.8 Å². The van der Waals surface area contributed by atoms with Crippen LogP contribution in [0.2, 0.25) is 0 Å². The predicted octanol–water partition coefficient (Wildman–Crippen LogP) is 0.817. The molecule has 120 valence electrons. The Morgan fingerprint density at radius 1 is 1.14 bits per heavy atom. The molecule has 1 atom stereocenters. The van der Waals surface area contributed by atoms with Gasteiger partial charge in [0.15, 0.2) is 0 Å². The summed E-state index contributed by atoms with van der Waals surface area (Å²) in [5.41, 5.74) is 0.997. The van der Waals surface area contributed by atoms with E-state index >= 15 is 0 Å². The fourth-order valence-electron chi connectivity index (χ4n) is 1.77. The maximum absolute atomic E-state index is 9.66. The number of hydrogen-bond donors (Lipinski definition) is 2. The Bertz CT molecular complexity index is 400. The lowest BCUT2D eigenvalue weighted by Crippen LogP contribution is -2.24. The lowest BCUT2D eigenvalue weighted by atomic mass is 10.2. The first kappa shape index (κ1) is 17.7. The fraction of sp³-hybridized carbons (Fsp3) is 0.600. The van der Waals surface area contributed by atoms with Crippen molar-refractivity contribution >= 4 is 0 Å². The molecule has 0 aromatic heterocycles. The number of aliphatic hydroxyl groups excluding tert-OH is 1. The van der Waals surface area contributed by atoms with Crippen LogP contribution in [0.5, 0.6) is 11.5 Å². The Kier molecular flexibility index (Phi) is 8.77. The van der Waals surface area contributed by atoms with Crippen molar-refractivity contribution in [2.45, 2.75) is 12.6 Å². The summed E-state index contributed by atoms with van der Waals surface area (Å²) >= 11 is 0. The molecular weight excluding hydrogens is 274 g/mol. The molecule has 6 nitrogen and oxygen atoms in total. The van der Waals surface area contributed by atoms with Gasteiger partial charge in [0.1, 0.15) is 24.2 Å². The molecule has 2 N–H and O–H groups in total. The highest BCUT2D eigenvalue weighted by molar-refractivity contribution is 5.40. The molecule has 0 spiro atoms. The van der Waals surface area contributed by atoms with Gasteiger partial charge < -0.3 is 29.4 Å². The van der Waals surface area contributed by atoms with Crippen LogP contribution in [0.4, 0.5) is 0 Å². The third-order valence-electron chi connectivity index (χ3n) is 2.86. The second-order valence-corrected chi connectivity index (χ2v) is 4.56. The minimum absolute atomic E-state index is 0.173. The maximum Gasteiger partial charge on any atom is 0.127 e. The van der Waals surface area contributed by atoms with Crippen molar-refractivity contribution in [1.29, 1.82) is 0 Å². The Balaban J connectivity index is 2.63. The average molecular weight is 299 g/mol. The highest BCUT2D eigenvalue weighted by Gasteiger charge is 2.09. The molecule has 0 fully saturated rings. The normalized spacial score (nSPS) is 12.2. The van der Waals surface area contributed by atoms with Gasteiger partial charge in [0.05, 0.1) is 20.3 Å². The van der Waals surface area contributed by atoms with Crippen LogP contribution in [0.15, 0.2) is 18.2 Å². The number of rotatable bonds is 11. The first-order valence-corrected chi connectivity index (χ1v) is 6.87. The number of ether oxygens (including phenoxy) is 4. The molecule has 0 aliphatic heterocycles. The van der Waals surface area contributed by atoms with Gasteiger partial charge in [-0.25, -0.2) is 0 Å². The van der Waals surface area contributed by atoms with Crippen molar-refractivity contribution in [3.05, 3.63) is 23.8 Å². The first-order chi connectivity index (χ1) is 10.2. The van der Waals surface area contributed by atoms with E-state index < -0.39 is 6.10 Å². The Hall–Kier alpha value is -1.34. The summed E-state index contributed by atoms with van der Waals surface area (Å²) in [6, 6.07) is 5.63. The molecule has 0 heterocycles. The molecule has 1 aromatic carbocycles. The highest BCUT2D eigenvalue weighted by Crippen LogP contribution is 2.25. The van der Waals surface area contributed by atoms with Crippen molar-refractivity contribution in [2.24, 2.45) is 0 Å². The van der Waals surface area contributed by atoms with Crippen molar-refractivity contribution in [3.8, 4) is 11.5 Å². The van der Waals surface area contributed by atoms with Crippen LogP contribution in [0, 0.1) is 0 Å². The van der Waals surface area contributed by atoms with Gasteiger partial charge in [-0.3, -0.25) is 0 Å². The van der Waals surface area contributed by atoms with E-state index in [1.165, 1.54) is 0 Å². The van der Waals surface area contributed by atoms with Crippen molar-refractivity contribution < 1.29 is 24.1 Å². The zero-order chi connectivity index (χ0) is 15.5. The van der Waals surface area contributed by atoms with E-state index in [2.05, 4.69) is 5.32 Å². The smallest absolute Gasteiger partial charge is 0.127 e. The van der Waals surface area contributed by atoms with Gasteiger partial charge in [0.25, 0.3) is 0 Å². The van der Waals surface area contributed by atoms with Crippen molar-refractivity contribution in [1.82, 2.24) is 5.32 Å². The monoisotopic (exact) mass is 299 g/mol. The summed E-state index contributed by atoms with van der Waals surface area (Å²) in [5, 5.41) is 12.9. The van der Waals surface area contributed by atoms with E-state index in [0.29, 0.717) is 24.7 Å². The average Bonchev–Trinajstić information content (AvgIpc) is 2.50. The third kappa shape index (κ3) is 6.77. The van der Waals surface area contributed by atoms with Crippen molar-refractivity contribution in [2.75, 3.05) is 47.7 Å². The largest absolute Gasteiger partial charge is 0.497 e. The molecule has 0 radical (unpaired) electrons. The number of benzene rings is 1. The van der Waals surface area contributed by atoms with E-state index in [0.717, 1.165) is 12.1 Å². The van der Waals surface area contributed by atoms with E-state index in [9.17, 15) is 5.11 Å². The molecule has 0 bridgehead atoms. The summed E-state index contributed by atoms with van der Waals surface area (Å²) in [5.74, 6) is 1.40. The van der Waals surface area contributed by atoms with E-state index in [1.807, 2.05) is 18.2 Å². The van der Waals surface area contributed by atoms with E-state index in [1.54, 1.807) is 21.3 Å². The van der Waals surface area contributed by atoms with E-state index in [4.69, 9.17) is 18.9 Å². The second kappa shape index (κ2) is 10.4. The van der Waals surface area contributed by atoms with Crippen LogP contribution in [-0.2, 0) is 16.0 Å². The number of aliphatic hydroxyl groups is 1. The van der Waals surface area contributed by atoms with Crippen LogP contribution in [-0.4, -0.2) is 58.9 Å². The van der Waals surface area contributed by atoms with Gasteiger partial charge in [-0.05, 0) is 6.07 Å². The van der Waals surface area contributed by atoms with Crippen LogP contribution in [0.3, 0.4) is 0 Å². The zero-order valence-corrected chi connectivity index (χ0v) is 12.9. The predicted molar refractivity (Wildman–Crippen MR) is 80.0 cm³/mol. The Morgan fingerprint density at radius 2 is 1.95 bits per heavy atom. The number of nitrogens with one attached hydrogen (secondary N) is 1. The molecule has 21 heavy (non-hydrogen) atoms. The molecule has 0 amide bonds. The van der Waals surface area contributed by atoms with Crippen LogP contribution in [0.25, 0.3) is 0 Å². The molecule has 0 saturated carbocycles. The van der Waals surface area contributed by atoms with Gasteiger partial charge in [-0.1, -0.05) is 6.07 Å². The van der Waals surface area contributed by atoms with Gasteiger partial charge in [0, 0.05) is 38.9 Å². The number of methoxy groups -OCH3 is 3. The van der Waals surface area contributed by atoms with E-state index in [-0.39, 0.29) is 13.2 Å². The second-order valence-electron chi connectivity index (χ2n) is 4.56. The molecule has 0 saturated heterocycles. The molecule has 1 rings (SSSR count). The SMILES string of the molecule is COCCNCc1ccc(OC)cc1OCC(O)COC. The minimum Gasteiger partial charge on any atom is -0.497 e. The van der Waals surface area contributed by atoms with Gasteiger partial charge in [-0.2, -0.15) is 0 Å². The summed E-state index contributed by atoms with van der Waals surface area (Å²) in [6.07, 6.45) is -0.657. The number of hydrogen-bond acceptors (Lipinski definition) is 6. The topological polar surface area (TPSA) is 69.2 Å². The molecule has 0 aliphatic rings. The van der Waals surface area contributed by atoms with Gasteiger partial charge >= 0.3 is 0 Å². The Morgan fingerprint density at radius 3 is 2.62 bits per heavy atom. The lowest BCUT2D eigenvalue weighted by molar-refractivity contribution is 0.0322. The summed E-state index contributed by atoms with van der Waals surface area (Å²) in [7, 11) is 4.82. The van der Waals surface area contributed by atoms with Gasteiger partial charge in [0.2, 0.25) is 0 Å². The molecule has 1 unspecified atom stereocenters. The zero-order valence-electron chi connectivity index (χ0n) is 12.9. The summed E-state index contributed by atoms with van der Waals surface area (Å²) < 4.78 is 20.7.